The maximum atomic E-state index is 11.4. The molecule has 0 radical (unpaired) electrons. The molecule has 0 saturated carbocycles. The zero-order valence-corrected chi connectivity index (χ0v) is 12.6. The third-order valence-corrected chi connectivity index (χ3v) is 3.04. The molecule has 0 bridgehead atoms. The van der Waals surface area contributed by atoms with Crippen molar-refractivity contribution in [1.82, 2.24) is 19.7 Å². The largest absolute Gasteiger partial charge is 0.476 e. The van der Waals surface area contributed by atoms with Gasteiger partial charge in [-0.2, -0.15) is 5.10 Å². The highest BCUT2D eigenvalue weighted by Gasteiger charge is 2.17. The molecule has 2 aromatic heterocycles. The van der Waals surface area contributed by atoms with Crippen molar-refractivity contribution in [2.45, 2.75) is 33.1 Å². The predicted molar refractivity (Wildman–Crippen MR) is 78.9 cm³/mol. The fourth-order valence-corrected chi connectivity index (χ4v) is 1.97. The van der Waals surface area contributed by atoms with Crippen LogP contribution in [0.4, 0.5) is 11.4 Å². The molecule has 0 aromatic carbocycles. The van der Waals surface area contributed by atoms with Crippen molar-refractivity contribution in [2.75, 3.05) is 5.32 Å². The third kappa shape index (κ3) is 3.18. The Morgan fingerprint density at radius 2 is 2.14 bits per heavy atom. The summed E-state index contributed by atoms with van der Waals surface area (Å²) in [6, 6.07) is 0. The van der Waals surface area contributed by atoms with Gasteiger partial charge in [0.2, 0.25) is 0 Å². The van der Waals surface area contributed by atoms with Crippen molar-refractivity contribution in [3.8, 4) is 0 Å². The molecule has 0 aliphatic carbocycles. The molecule has 2 heterocycles. The minimum absolute atomic E-state index is 0.0281. The van der Waals surface area contributed by atoms with E-state index < -0.39 is 5.97 Å². The first-order chi connectivity index (χ1) is 9.92. The van der Waals surface area contributed by atoms with Crippen LogP contribution in [0, 0.1) is 0 Å². The van der Waals surface area contributed by atoms with Crippen molar-refractivity contribution in [2.24, 2.45) is 7.05 Å². The number of hydrogen-bond acceptors (Lipinski definition) is 5. The van der Waals surface area contributed by atoms with Crippen LogP contribution in [0.1, 0.15) is 48.7 Å². The summed E-state index contributed by atoms with van der Waals surface area (Å²) in [4.78, 5) is 19.7. The van der Waals surface area contributed by atoms with Gasteiger partial charge in [-0.15, -0.1) is 0 Å². The molecule has 2 aromatic rings. The lowest BCUT2D eigenvalue weighted by Gasteiger charge is -2.10. The van der Waals surface area contributed by atoms with Crippen molar-refractivity contribution in [3.63, 3.8) is 0 Å². The summed E-state index contributed by atoms with van der Waals surface area (Å²) in [6.45, 7) is 5.83. The number of carboxylic acids is 1. The summed E-state index contributed by atoms with van der Waals surface area (Å²) in [5.41, 5.74) is 1.97. The summed E-state index contributed by atoms with van der Waals surface area (Å²) in [5.74, 6) is -0.495. The van der Waals surface area contributed by atoms with Crippen LogP contribution in [0.2, 0.25) is 0 Å². The molecule has 0 aliphatic rings. The summed E-state index contributed by atoms with van der Waals surface area (Å²) in [6.07, 6.45) is 4.07. The second-order valence-electron chi connectivity index (χ2n) is 5.09. The van der Waals surface area contributed by atoms with E-state index in [1.54, 1.807) is 10.9 Å². The molecule has 112 valence electrons. The number of anilines is 2. The molecule has 2 N–H and O–H groups in total. The topological polar surface area (TPSA) is 92.9 Å². The van der Waals surface area contributed by atoms with Gasteiger partial charge in [-0.1, -0.05) is 20.8 Å². The van der Waals surface area contributed by atoms with Crippen LogP contribution < -0.4 is 5.32 Å². The molecule has 0 spiro atoms. The monoisotopic (exact) mass is 289 g/mol. The first kappa shape index (κ1) is 15.0. The van der Waals surface area contributed by atoms with Crippen molar-refractivity contribution in [1.29, 1.82) is 0 Å². The molecule has 0 fully saturated rings. The van der Waals surface area contributed by atoms with E-state index in [9.17, 15) is 9.90 Å². The normalized spacial score (nSPS) is 10.9. The zero-order valence-electron chi connectivity index (χ0n) is 12.6. The molecule has 2 rings (SSSR count). The van der Waals surface area contributed by atoms with Crippen molar-refractivity contribution >= 4 is 17.3 Å². The Morgan fingerprint density at radius 1 is 1.43 bits per heavy atom. The van der Waals surface area contributed by atoms with E-state index in [1.807, 2.05) is 27.8 Å². The number of aromatic carboxylic acids is 1. The molecular formula is C14H19N5O2. The summed E-state index contributed by atoms with van der Waals surface area (Å²) < 4.78 is 1.69. The van der Waals surface area contributed by atoms with Crippen molar-refractivity contribution < 1.29 is 9.90 Å². The standard InChI is InChI=1S/C14H19N5O2/c1-5-9-11(7-19(4)18-9)16-10-6-15-13(8(2)3)17-12(10)14(20)21/h6-8,16H,5H2,1-4H3,(H,20,21). The van der Waals surface area contributed by atoms with Crippen molar-refractivity contribution in [3.05, 3.63) is 29.6 Å². The Morgan fingerprint density at radius 3 is 2.71 bits per heavy atom. The molecule has 0 atom stereocenters. The third-order valence-electron chi connectivity index (χ3n) is 3.04. The van der Waals surface area contributed by atoms with Gasteiger partial charge >= 0.3 is 5.97 Å². The van der Waals surface area contributed by atoms with Crippen LogP contribution in [-0.4, -0.2) is 30.8 Å². The second-order valence-corrected chi connectivity index (χ2v) is 5.09. The molecule has 0 saturated heterocycles. The lowest BCUT2D eigenvalue weighted by molar-refractivity contribution is 0.0691. The predicted octanol–water partition coefficient (Wildman–Crippen LogP) is 2.34. The van der Waals surface area contributed by atoms with Crippen LogP contribution in [0.25, 0.3) is 0 Å². The fourth-order valence-electron chi connectivity index (χ4n) is 1.97. The van der Waals surface area contributed by atoms with Gasteiger partial charge < -0.3 is 10.4 Å². The quantitative estimate of drug-likeness (QED) is 0.877. The molecule has 7 heteroatoms. The average molecular weight is 289 g/mol. The van der Waals surface area contributed by atoms with Crippen LogP contribution in [-0.2, 0) is 13.5 Å². The van der Waals surface area contributed by atoms with Gasteiger partial charge in [0, 0.05) is 19.2 Å². The number of nitrogens with zero attached hydrogens (tertiary/aromatic N) is 4. The highest BCUT2D eigenvalue weighted by Crippen LogP contribution is 2.23. The highest BCUT2D eigenvalue weighted by molar-refractivity contribution is 5.92. The number of rotatable bonds is 5. The Hall–Kier alpha value is -2.44. The maximum absolute atomic E-state index is 11.4. The summed E-state index contributed by atoms with van der Waals surface area (Å²) >= 11 is 0. The van der Waals surface area contributed by atoms with E-state index in [-0.39, 0.29) is 11.6 Å². The first-order valence-electron chi connectivity index (χ1n) is 6.82. The molecule has 0 unspecified atom stereocenters. The highest BCUT2D eigenvalue weighted by atomic mass is 16.4. The number of hydrogen-bond donors (Lipinski definition) is 2. The first-order valence-corrected chi connectivity index (χ1v) is 6.82. The number of nitrogens with one attached hydrogen (secondary N) is 1. The number of carboxylic acid groups (broad SMARTS) is 1. The zero-order chi connectivity index (χ0) is 15.6. The van der Waals surface area contributed by atoms with Crippen LogP contribution >= 0.6 is 0 Å². The van der Waals surface area contributed by atoms with E-state index in [0.717, 1.165) is 17.8 Å². The SMILES string of the molecule is CCc1nn(C)cc1Nc1cnc(C(C)C)nc1C(=O)O. The Kier molecular flexibility index (Phi) is 4.21. The lowest BCUT2D eigenvalue weighted by Crippen LogP contribution is -2.10. The molecule has 0 aliphatic heterocycles. The van der Waals surface area contributed by atoms with Crippen LogP contribution in [0.15, 0.2) is 12.4 Å². The van der Waals surface area contributed by atoms with Gasteiger partial charge in [0.1, 0.15) is 5.82 Å². The minimum Gasteiger partial charge on any atom is -0.476 e. The molecule has 0 amide bonds. The molecule has 7 nitrogen and oxygen atoms in total. The van der Waals surface area contributed by atoms with E-state index in [4.69, 9.17) is 0 Å². The summed E-state index contributed by atoms with van der Waals surface area (Å²) in [7, 11) is 1.82. The second kappa shape index (κ2) is 5.90. The molecule has 21 heavy (non-hydrogen) atoms. The number of aryl methyl sites for hydroxylation is 2. The van der Waals surface area contributed by atoms with E-state index in [2.05, 4.69) is 20.4 Å². The lowest BCUT2D eigenvalue weighted by atomic mass is 10.2. The number of carbonyl (C=O) groups is 1. The Bertz CT molecular complexity index is 663. The smallest absolute Gasteiger partial charge is 0.356 e. The van der Waals surface area contributed by atoms with E-state index in [1.165, 1.54) is 6.20 Å². The summed E-state index contributed by atoms with van der Waals surface area (Å²) in [5, 5.41) is 16.7. The minimum atomic E-state index is -1.08. The van der Waals surface area contributed by atoms with Gasteiger partial charge in [0.25, 0.3) is 0 Å². The van der Waals surface area contributed by atoms with Crippen LogP contribution in [0.5, 0.6) is 0 Å². The van der Waals surface area contributed by atoms with Gasteiger partial charge in [-0.05, 0) is 6.42 Å². The van der Waals surface area contributed by atoms with E-state index in [0.29, 0.717) is 11.5 Å². The van der Waals surface area contributed by atoms with Gasteiger partial charge in [0.05, 0.1) is 23.3 Å². The Balaban J connectivity index is 2.41. The maximum Gasteiger partial charge on any atom is 0.356 e. The Labute approximate surface area is 123 Å². The average Bonchev–Trinajstić information content (AvgIpc) is 2.78. The van der Waals surface area contributed by atoms with E-state index >= 15 is 0 Å². The van der Waals surface area contributed by atoms with Gasteiger partial charge in [0.15, 0.2) is 5.69 Å². The van der Waals surface area contributed by atoms with Gasteiger partial charge in [-0.3, -0.25) is 4.68 Å². The van der Waals surface area contributed by atoms with Gasteiger partial charge in [-0.25, -0.2) is 14.8 Å². The fraction of sp³-hybridized carbons (Fsp3) is 0.429. The van der Waals surface area contributed by atoms with Crippen LogP contribution in [0.3, 0.4) is 0 Å². The molecular weight excluding hydrogens is 270 g/mol. The number of aromatic nitrogens is 4.